The smallest absolute Gasteiger partial charge is 0.211 e. The van der Waals surface area contributed by atoms with Crippen LogP contribution < -0.4 is 10.5 Å². The molecule has 0 spiro atoms. The molecule has 0 aromatic heterocycles. The summed E-state index contributed by atoms with van der Waals surface area (Å²) in [6, 6.07) is 0. The van der Waals surface area contributed by atoms with Crippen LogP contribution in [-0.2, 0) is 10.0 Å². The van der Waals surface area contributed by atoms with Crippen molar-refractivity contribution in [3.63, 3.8) is 0 Å². The summed E-state index contributed by atoms with van der Waals surface area (Å²) in [4.78, 5) is 0. The minimum atomic E-state index is -3.06. The molecule has 0 aliphatic heterocycles. The van der Waals surface area contributed by atoms with Crippen molar-refractivity contribution in [1.82, 2.24) is 4.72 Å². The maximum Gasteiger partial charge on any atom is 0.211 e. The predicted octanol–water partition coefficient (Wildman–Crippen LogP) is 2.79. The number of nitrogens with two attached hydrogens (primary N) is 1. The number of sulfonamides is 1. The van der Waals surface area contributed by atoms with Gasteiger partial charge in [0.25, 0.3) is 0 Å². The summed E-state index contributed by atoms with van der Waals surface area (Å²) in [5.74, 6) is 0.210. The van der Waals surface area contributed by atoms with E-state index in [-0.39, 0.29) is 5.75 Å². The molecule has 0 saturated heterocycles. The molecule has 0 atom stereocenters. The quantitative estimate of drug-likeness (QED) is 0.484. The van der Waals surface area contributed by atoms with Crippen LogP contribution in [0.25, 0.3) is 0 Å². The molecular formula is C14H32N2O2S. The summed E-state index contributed by atoms with van der Waals surface area (Å²) in [5.41, 5.74) is 5.34. The fourth-order valence-electron chi connectivity index (χ4n) is 2.00. The number of hydrogen-bond acceptors (Lipinski definition) is 3. The molecule has 0 aromatic carbocycles. The summed E-state index contributed by atoms with van der Waals surface area (Å²) in [6.45, 7) is 3.37. The number of rotatable bonds is 14. The standard InChI is InChI=1S/C14H32N2O2S/c1-2-3-4-5-6-7-8-10-13-16-19(17,18)14-11-9-12-15/h16H,2-15H2,1H3. The first-order valence-corrected chi connectivity index (χ1v) is 9.45. The van der Waals surface area contributed by atoms with Crippen LogP contribution in [0.3, 0.4) is 0 Å². The Morgan fingerprint density at radius 3 is 2.00 bits per heavy atom. The van der Waals surface area contributed by atoms with Crippen LogP contribution in [-0.4, -0.2) is 27.3 Å². The molecular weight excluding hydrogens is 260 g/mol. The van der Waals surface area contributed by atoms with Gasteiger partial charge in [0.2, 0.25) is 10.0 Å². The number of hydrogen-bond donors (Lipinski definition) is 2. The van der Waals surface area contributed by atoms with Crippen molar-refractivity contribution < 1.29 is 8.42 Å². The summed E-state index contributed by atoms with van der Waals surface area (Å²) in [7, 11) is -3.06. The molecule has 0 unspecified atom stereocenters. The zero-order valence-corrected chi connectivity index (χ0v) is 13.3. The van der Waals surface area contributed by atoms with Crippen molar-refractivity contribution in [2.24, 2.45) is 5.73 Å². The third-order valence-electron chi connectivity index (χ3n) is 3.22. The molecule has 0 radical (unpaired) electrons. The van der Waals surface area contributed by atoms with E-state index >= 15 is 0 Å². The van der Waals surface area contributed by atoms with Crippen LogP contribution in [0.1, 0.15) is 71.1 Å². The lowest BCUT2D eigenvalue weighted by Gasteiger charge is -2.06. The Hall–Kier alpha value is -0.130. The molecule has 0 aliphatic carbocycles. The molecule has 0 heterocycles. The van der Waals surface area contributed by atoms with Gasteiger partial charge in [-0.2, -0.15) is 0 Å². The first-order valence-electron chi connectivity index (χ1n) is 7.80. The molecule has 0 amide bonds. The van der Waals surface area contributed by atoms with Gasteiger partial charge in [-0.05, 0) is 25.8 Å². The molecule has 5 heteroatoms. The maximum atomic E-state index is 11.6. The lowest BCUT2D eigenvalue weighted by Crippen LogP contribution is -2.27. The number of nitrogens with one attached hydrogen (secondary N) is 1. The molecule has 116 valence electrons. The minimum Gasteiger partial charge on any atom is -0.330 e. The SMILES string of the molecule is CCCCCCCCCCNS(=O)(=O)CCCCN. The van der Waals surface area contributed by atoms with Crippen molar-refractivity contribution >= 4 is 10.0 Å². The molecule has 0 fully saturated rings. The van der Waals surface area contributed by atoms with Crippen LogP contribution in [0.4, 0.5) is 0 Å². The second-order valence-electron chi connectivity index (χ2n) is 5.18. The fourth-order valence-corrected chi connectivity index (χ4v) is 3.18. The Morgan fingerprint density at radius 1 is 0.842 bits per heavy atom. The van der Waals surface area contributed by atoms with E-state index in [2.05, 4.69) is 11.6 Å². The van der Waals surface area contributed by atoms with Crippen molar-refractivity contribution in [2.75, 3.05) is 18.8 Å². The predicted molar refractivity (Wildman–Crippen MR) is 82.7 cm³/mol. The largest absolute Gasteiger partial charge is 0.330 e. The molecule has 0 bridgehead atoms. The molecule has 19 heavy (non-hydrogen) atoms. The Morgan fingerprint density at radius 2 is 1.42 bits per heavy atom. The second kappa shape index (κ2) is 12.9. The van der Waals surface area contributed by atoms with Crippen LogP contribution >= 0.6 is 0 Å². The van der Waals surface area contributed by atoms with Gasteiger partial charge in [-0.3, -0.25) is 0 Å². The summed E-state index contributed by atoms with van der Waals surface area (Å²) in [5, 5.41) is 0. The van der Waals surface area contributed by atoms with E-state index in [0.29, 0.717) is 19.5 Å². The zero-order valence-electron chi connectivity index (χ0n) is 12.5. The first-order chi connectivity index (χ1) is 9.12. The van der Waals surface area contributed by atoms with Gasteiger partial charge >= 0.3 is 0 Å². The van der Waals surface area contributed by atoms with E-state index in [0.717, 1.165) is 19.3 Å². The second-order valence-corrected chi connectivity index (χ2v) is 7.11. The van der Waals surface area contributed by atoms with Crippen molar-refractivity contribution in [2.45, 2.75) is 71.1 Å². The highest BCUT2D eigenvalue weighted by atomic mass is 32.2. The Bertz CT molecular complexity index is 279. The van der Waals surface area contributed by atoms with E-state index in [9.17, 15) is 8.42 Å². The maximum absolute atomic E-state index is 11.6. The molecule has 4 nitrogen and oxygen atoms in total. The van der Waals surface area contributed by atoms with Crippen molar-refractivity contribution in [3.05, 3.63) is 0 Å². The Balaban J connectivity index is 3.33. The molecule has 3 N–H and O–H groups in total. The molecule has 0 saturated carbocycles. The normalized spacial score (nSPS) is 11.9. The first kappa shape index (κ1) is 18.9. The fraction of sp³-hybridized carbons (Fsp3) is 1.00. The highest BCUT2D eigenvalue weighted by Crippen LogP contribution is 2.08. The van der Waals surface area contributed by atoms with E-state index in [4.69, 9.17) is 5.73 Å². The van der Waals surface area contributed by atoms with Gasteiger partial charge in [0.15, 0.2) is 0 Å². The molecule has 0 aliphatic rings. The Labute approximate surface area is 119 Å². The van der Waals surface area contributed by atoms with Crippen LogP contribution in [0, 0.1) is 0 Å². The zero-order chi connectivity index (χ0) is 14.4. The Kier molecular flexibility index (Phi) is 12.8. The van der Waals surface area contributed by atoms with E-state index in [1.165, 1.54) is 38.5 Å². The van der Waals surface area contributed by atoms with E-state index < -0.39 is 10.0 Å². The van der Waals surface area contributed by atoms with Crippen LogP contribution in [0.15, 0.2) is 0 Å². The van der Waals surface area contributed by atoms with Crippen LogP contribution in [0.5, 0.6) is 0 Å². The lowest BCUT2D eigenvalue weighted by atomic mass is 10.1. The van der Waals surface area contributed by atoms with Gasteiger partial charge in [0.05, 0.1) is 5.75 Å². The van der Waals surface area contributed by atoms with Crippen molar-refractivity contribution in [1.29, 1.82) is 0 Å². The highest BCUT2D eigenvalue weighted by Gasteiger charge is 2.07. The number of unbranched alkanes of at least 4 members (excludes halogenated alkanes) is 8. The summed E-state index contributed by atoms with van der Waals surface area (Å²) >= 11 is 0. The third kappa shape index (κ3) is 14.1. The van der Waals surface area contributed by atoms with Gasteiger partial charge in [-0.15, -0.1) is 0 Å². The molecule has 0 aromatic rings. The lowest BCUT2D eigenvalue weighted by molar-refractivity contribution is 0.557. The van der Waals surface area contributed by atoms with E-state index in [1.807, 2.05) is 0 Å². The highest BCUT2D eigenvalue weighted by molar-refractivity contribution is 7.89. The van der Waals surface area contributed by atoms with Gasteiger partial charge in [0, 0.05) is 6.54 Å². The van der Waals surface area contributed by atoms with Gasteiger partial charge in [0.1, 0.15) is 0 Å². The summed E-state index contributed by atoms with van der Waals surface area (Å²) in [6.07, 6.45) is 11.3. The average molecular weight is 292 g/mol. The minimum absolute atomic E-state index is 0.210. The van der Waals surface area contributed by atoms with Gasteiger partial charge in [-0.25, -0.2) is 13.1 Å². The van der Waals surface area contributed by atoms with Gasteiger partial charge < -0.3 is 5.73 Å². The summed E-state index contributed by atoms with van der Waals surface area (Å²) < 4.78 is 25.8. The average Bonchev–Trinajstić information content (AvgIpc) is 2.37. The third-order valence-corrected chi connectivity index (χ3v) is 4.69. The van der Waals surface area contributed by atoms with Crippen molar-refractivity contribution in [3.8, 4) is 0 Å². The topological polar surface area (TPSA) is 72.2 Å². The monoisotopic (exact) mass is 292 g/mol. The molecule has 0 rings (SSSR count). The van der Waals surface area contributed by atoms with E-state index in [1.54, 1.807) is 0 Å². The van der Waals surface area contributed by atoms with Crippen LogP contribution in [0.2, 0.25) is 0 Å². The van der Waals surface area contributed by atoms with Gasteiger partial charge in [-0.1, -0.05) is 51.9 Å².